The van der Waals surface area contributed by atoms with E-state index in [-0.39, 0.29) is 22.7 Å². The Labute approximate surface area is 213 Å². The van der Waals surface area contributed by atoms with E-state index in [1.54, 1.807) is 13.0 Å². The predicted molar refractivity (Wildman–Crippen MR) is 136 cm³/mol. The van der Waals surface area contributed by atoms with E-state index in [4.69, 9.17) is 4.74 Å². The smallest absolute Gasteiger partial charge is 0.274 e. The number of aromatic hydroxyl groups is 1. The molecule has 0 unspecified atom stereocenters. The number of hydrogen-bond acceptors (Lipinski definition) is 9. The largest absolute Gasteiger partial charge is 0.504 e. The first-order chi connectivity index (χ1) is 16.7. The molecule has 0 aliphatic heterocycles. The zero-order valence-corrected chi connectivity index (χ0v) is 21.1. The number of ether oxygens (including phenoxy) is 1. The van der Waals surface area contributed by atoms with Gasteiger partial charge in [0.25, 0.3) is 11.6 Å². The number of nitro benzene ring substituents is 1. The van der Waals surface area contributed by atoms with Gasteiger partial charge in [0.15, 0.2) is 22.5 Å². The summed E-state index contributed by atoms with van der Waals surface area (Å²) in [5.74, 6) is -0.224. The summed E-state index contributed by atoms with van der Waals surface area (Å²) in [5, 5.41) is 33.5. The summed E-state index contributed by atoms with van der Waals surface area (Å²) >= 11 is 4.59. The van der Waals surface area contributed by atoms with Gasteiger partial charge < -0.3 is 9.84 Å². The summed E-state index contributed by atoms with van der Waals surface area (Å²) in [5.41, 5.74) is 2.95. The molecule has 2 aromatic carbocycles. The third-order valence-corrected chi connectivity index (χ3v) is 6.29. The highest BCUT2D eigenvalue weighted by Crippen LogP contribution is 2.33. The van der Waals surface area contributed by atoms with Crippen molar-refractivity contribution in [2.75, 3.05) is 7.11 Å². The van der Waals surface area contributed by atoms with E-state index < -0.39 is 16.1 Å². The average Bonchev–Trinajstić information content (AvgIpc) is 3.22. The molecule has 1 amide bonds. The van der Waals surface area contributed by atoms with Crippen LogP contribution in [-0.4, -0.2) is 49.3 Å². The minimum Gasteiger partial charge on any atom is -0.504 e. The number of hydrogen-bond donors (Lipinski definition) is 2. The van der Waals surface area contributed by atoms with Gasteiger partial charge in [-0.1, -0.05) is 45.9 Å². The van der Waals surface area contributed by atoms with Gasteiger partial charge in [-0.25, -0.2) is 5.43 Å². The Hall–Kier alpha value is -3.71. The van der Waals surface area contributed by atoms with Crippen molar-refractivity contribution in [3.8, 4) is 22.9 Å². The zero-order valence-electron chi connectivity index (χ0n) is 18.7. The number of nitrogens with zero attached hydrogens (tertiary/aromatic N) is 5. The standard InChI is InChI=1S/C22H21BrN6O5S/c1-4-9-28-20(14-5-7-16(23)8-6-14)25-27-22(28)35-13(2)21(31)26-24-12-15-10-17(29(32)33)11-18(34-3)19(15)30/h4-8,10-13,30H,1,9H2,2-3H3,(H,26,31)/b24-12+/t13-/m0/s1. The van der Waals surface area contributed by atoms with Crippen LogP contribution in [0.25, 0.3) is 11.4 Å². The Kier molecular flexibility index (Phi) is 8.60. The van der Waals surface area contributed by atoms with E-state index in [9.17, 15) is 20.0 Å². The van der Waals surface area contributed by atoms with E-state index in [2.05, 4.69) is 43.2 Å². The third-order valence-electron chi connectivity index (χ3n) is 4.68. The molecule has 0 fully saturated rings. The fraction of sp³-hybridized carbons (Fsp3) is 0.182. The lowest BCUT2D eigenvalue weighted by molar-refractivity contribution is -0.385. The summed E-state index contributed by atoms with van der Waals surface area (Å²) in [6.07, 6.45) is 2.82. The van der Waals surface area contributed by atoms with Crippen molar-refractivity contribution in [3.05, 3.63) is 69.2 Å². The number of phenolic OH excluding ortho intramolecular Hbond substituents is 1. The van der Waals surface area contributed by atoms with Crippen molar-refractivity contribution >= 4 is 45.5 Å². The Morgan fingerprint density at radius 1 is 1.40 bits per heavy atom. The Balaban J connectivity index is 1.73. The summed E-state index contributed by atoms with van der Waals surface area (Å²) in [6.45, 7) is 5.90. The van der Waals surface area contributed by atoms with Gasteiger partial charge in [-0.3, -0.25) is 19.5 Å². The first kappa shape index (κ1) is 25.9. The number of non-ortho nitro benzene ring substituents is 1. The number of thioether (sulfide) groups is 1. The van der Waals surface area contributed by atoms with Crippen molar-refractivity contribution < 1.29 is 19.6 Å². The van der Waals surface area contributed by atoms with Gasteiger partial charge in [0.1, 0.15) is 0 Å². The number of phenols is 1. The number of benzene rings is 2. The summed E-state index contributed by atoms with van der Waals surface area (Å²) in [4.78, 5) is 23.0. The van der Waals surface area contributed by atoms with Crippen LogP contribution < -0.4 is 10.2 Å². The first-order valence-electron chi connectivity index (χ1n) is 10.1. The van der Waals surface area contributed by atoms with Gasteiger partial charge in [0, 0.05) is 28.2 Å². The molecule has 1 aromatic heterocycles. The predicted octanol–water partition coefficient (Wildman–Crippen LogP) is 4.15. The molecule has 3 rings (SSSR count). The van der Waals surface area contributed by atoms with Crippen LogP contribution in [0.4, 0.5) is 5.69 Å². The minimum absolute atomic E-state index is 0.0153. The fourth-order valence-electron chi connectivity index (χ4n) is 2.92. The molecule has 0 radical (unpaired) electrons. The molecule has 2 N–H and O–H groups in total. The van der Waals surface area contributed by atoms with Crippen LogP contribution in [0.15, 0.2) is 63.8 Å². The van der Waals surface area contributed by atoms with E-state index >= 15 is 0 Å². The number of aromatic nitrogens is 3. The highest BCUT2D eigenvalue weighted by atomic mass is 79.9. The lowest BCUT2D eigenvalue weighted by Gasteiger charge is -2.11. The van der Waals surface area contributed by atoms with Crippen LogP contribution in [0.5, 0.6) is 11.5 Å². The average molecular weight is 561 g/mol. The van der Waals surface area contributed by atoms with Gasteiger partial charge >= 0.3 is 0 Å². The van der Waals surface area contributed by atoms with Crippen molar-refractivity contribution in [1.82, 2.24) is 20.2 Å². The quantitative estimate of drug-likeness (QED) is 0.124. The van der Waals surface area contributed by atoms with Crippen LogP contribution in [0.3, 0.4) is 0 Å². The van der Waals surface area contributed by atoms with Crippen LogP contribution in [0, 0.1) is 10.1 Å². The molecule has 35 heavy (non-hydrogen) atoms. The van der Waals surface area contributed by atoms with E-state index in [1.165, 1.54) is 18.9 Å². The van der Waals surface area contributed by atoms with Gasteiger partial charge in [-0.15, -0.1) is 16.8 Å². The van der Waals surface area contributed by atoms with Crippen LogP contribution in [0.2, 0.25) is 0 Å². The molecular weight excluding hydrogens is 540 g/mol. The number of allylic oxidation sites excluding steroid dienone is 1. The topological polar surface area (TPSA) is 145 Å². The second-order valence-electron chi connectivity index (χ2n) is 7.05. The number of rotatable bonds is 10. The maximum atomic E-state index is 12.6. The molecule has 3 aromatic rings. The summed E-state index contributed by atoms with van der Waals surface area (Å²) in [6, 6.07) is 9.82. The lowest BCUT2D eigenvalue weighted by Crippen LogP contribution is -2.27. The molecular formula is C22H21BrN6O5S. The molecule has 11 nitrogen and oxygen atoms in total. The molecule has 0 aliphatic rings. The maximum Gasteiger partial charge on any atom is 0.274 e. The molecule has 1 heterocycles. The molecule has 0 spiro atoms. The van der Waals surface area contributed by atoms with Gasteiger partial charge in [0.05, 0.1) is 29.6 Å². The molecule has 13 heteroatoms. The Morgan fingerprint density at radius 2 is 2.11 bits per heavy atom. The van der Waals surface area contributed by atoms with Gasteiger partial charge in [-0.2, -0.15) is 5.10 Å². The molecule has 0 saturated carbocycles. The summed E-state index contributed by atoms with van der Waals surface area (Å²) in [7, 11) is 1.27. The number of nitrogens with one attached hydrogen (secondary N) is 1. The number of halogens is 1. The monoisotopic (exact) mass is 560 g/mol. The molecule has 0 aliphatic carbocycles. The van der Waals surface area contributed by atoms with Crippen molar-refractivity contribution in [1.29, 1.82) is 0 Å². The first-order valence-corrected chi connectivity index (χ1v) is 11.8. The highest BCUT2D eigenvalue weighted by Gasteiger charge is 2.21. The Bertz CT molecular complexity index is 1280. The number of nitro groups is 1. The normalized spacial score (nSPS) is 11.9. The van der Waals surface area contributed by atoms with Crippen LogP contribution in [0.1, 0.15) is 12.5 Å². The van der Waals surface area contributed by atoms with E-state index in [0.717, 1.165) is 28.4 Å². The Morgan fingerprint density at radius 3 is 2.74 bits per heavy atom. The van der Waals surface area contributed by atoms with Crippen molar-refractivity contribution in [2.24, 2.45) is 5.10 Å². The number of methoxy groups -OCH3 is 1. The van der Waals surface area contributed by atoms with E-state index in [0.29, 0.717) is 17.5 Å². The molecule has 1 atom stereocenters. The number of hydrazone groups is 1. The fourth-order valence-corrected chi connectivity index (χ4v) is 4.04. The number of amides is 1. The minimum atomic E-state index is -0.626. The second kappa shape index (κ2) is 11.6. The SMILES string of the molecule is C=CCn1c(S[C@@H](C)C(=O)N/N=C/c2cc([N+](=O)[O-])cc(OC)c2O)nnc1-c1ccc(Br)cc1. The van der Waals surface area contributed by atoms with E-state index in [1.807, 2.05) is 28.8 Å². The van der Waals surface area contributed by atoms with Crippen molar-refractivity contribution in [3.63, 3.8) is 0 Å². The molecule has 0 bridgehead atoms. The maximum absolute atomic E-state index is 12.6. The molecule has 182 valence electrons. The van der Waals surface area contributed by atoms with Crippen molar-refractivity contribution in [2.45, 2.75) is 23.9 Å². The zero-order chi connectivity index (χ0) is 25.5. The van der Waals surface area contributed by atoms with Gasteiger partial charge in [-0.05, 0) is 19.1 Å². The third kappa shape index (κ3) is 6.25. The van der Waals surface area contributed by atoms with Gasteiger partial charge in [0.2, 0.25) is 0 Å². The molecule has 0 saturated heterocycles. The lowest BCUT2D eigenvalue weighted by atomic mass is 10.2. The second-order valence-corrected chi connectivity index (χ2v) is 9.27. The van der Waals surface area contributed by atoms with Crippen LogP contribution >= 0.6 is 27.7 Å². The number of carbonyl (C=O) groups is 1. The number of carbonyl (C=O) groups excluding carboxylic acids is 1. The van der Waals surface area contributed by atoms with Crippen LogP contribution in [-0.2, 0) is 11.3 Å². The highest BCUT2D eigenvalue weighted by molar-refractivity contribution is 9.10. The summed E-state index contributed by atoms with van der Waals surface area (Å²) < 4.78 is 7.73.